The molecule has 0 spiro atoms. The lowest BCUT2D eigenvalue weighted by atomic mass is 10.2. The van der Waals surface area contributed by atoms with E-state index >= 15 is 0 Å². The maximum Gasteiger partial charge on any atom is 0.282 e. The third kappa shape index (κ3) is 3.89. The van der Waals surface area contributed by atoms with Crippen molar-refractivity contribution in [1.29, 1.82) is 0 Å². The van der Waals surface area contributed by atoms with E-state index in [0.29, 0.717) is 5.69 Å². The van der Waals surface area contributed by atoms with Gasteiger partial charge in [0.05, 0.1) is 12.2 Å². The first-order valence-corrected chi connectivity index (χ1v) is 4.68. The Kier molecular flexibility index (Phi) is 4.11. The molecule has 15 heavy (non-hydrogen) atoms. The Morgan fingerprint density at radius 3 is 2.80 bits per heavy atom. The van der Waals surface area contributed by atoms with Crippen molar-refractivity contribution in [2.24, 2.45) is 0 Å². The molecule has 0 aliphatic heterocycles. The Labute approximate surface area is 87.2 Å². The Morgan fingerprint density at radius 2 is 2.27 bits per heavy atom. The van der Waals surface area contributed by atoms with Crippen LogP contribution in [-0.2, 0) is 0 Å². The number of aliphatic hydroxyl groups excluding tert-OH is 1. The number of alkyl halides is 2. The van der Waals surface area contributed by atoms with Gasteiger partial charge in [-0.3, -0.25) is 4.98 Å². The molecule has 0 saturated carbocycles. The number of nitrogens with one attached hydrogen (secondary N) is 1. The van der Waals surface area contributed by atoms with E-state index in [2.05, 4.69) is 10.3 Å². The van der Waals surface area contributed by atoms with Crippen LogP contribution < -0.4 is 5.32 Å². The van der Waals surface area contributed by atoms with Gasteiger partial charge < -0.3 is 10.4 Å². The fourth-order valence-corrected chi connectivity index (χ4v) is 1.09. The molecule has 3 nitrogen and oxygen atoms in total. The molecule has 0 radical (unpaired) electrons. The van der Waals surface area contributed by atoms with Crippen LogP contribution in [0.5, 0.6) is 0 Å². The summed E-state index contributed by atoms with van der Waals surface area (Å²) in [4.78, 5) is 4.04. The van der Waals surface area contributed by atoms with Crippen LogP contribution in [0, 0.1) is 0 Å². The van der Waals surface area contributed by atoms with Crippen LogP contribution in [0.25, 0.3) is 0 Å². The first-order valence-electron chi connectivity index (χ1n) is 4.68. The van der Waals surface area contributed by atoms with E-state index in [1.807, 2.05) is 0 Å². The third-order valence-corrected chi connectivity index (χ3v) is 2.03. The highest BCUT2D eigenvalue weighted by Crippen LogP contribution is 2.13. The molecule has 0 aromatic carbocycles. The van der Waals surface area contributed by atoms with E-state index in [4.69, 9.17) is 5.11 Å². The lowest BCUT2D eigenvalue weighted by Crippen LogP contribution is -2.37. The molecule has 84 valence electrons. The maximum absolute atomic E-state index is 12.7. The van der Waals surface area contributed by atoms with Crippen LogP contribution >= 0.6 is 0 Å². The molecule has 1 rings (SSSR count). The zero-order valence-corrected chi connectivity index (χ0v) is 8.45. The molecule has 1 aromatic rings. The summed E-state index contributed by atoms with van der Waals surface area (Å²) < 4.78 is 25.4. The van der Waals surface area contributed by atoms with E-state index in [1.165, 1.54) is 0 Å². The SMILES string of the molecule is CC(NCC(F)(F)CO)c1ccccn1. The molecule has 0 saturated heterocycles. The first-order chi connectivity index (χ1) is 7.05. The summed E-state index contributed by atoms with van der Waals surface area (Å²) in [5.41, 5.74) is 0.700. The van der Waals surface area contributed by atoms with Crippen LogP contribution in [0.4, 0.5) is 8.78 Å². The van der Waals surface area contributed by atoms with Gasteiger partial charge in [-0.15, -0.1) is 0 Å². The summed E-state index contributed by atoms with van der Waals surface area (Å²) in [6.45, 7) is 0.0476. The lowest BCUT2D eigenvalue weighted by Gasteiger charge is -2.18. The van der Waals surface area contributed by atoms with Crippen LogP contribution in [0.15, 0.2) is 24.4 Å². The molecule has 5 heteroatoms. The number of hydrogen-bond donors (Lipinski definition) is 2. The van der Waals surface area contributed by atoms with Gasteiger partial charge in [0.15, 0.2) is 0 Å². The molecule has 0 aliphatic rings. The highest BCUT2D eigenvalue weighted by atomic mass is 19.3. The van der Waals surface area contributed by atoms with Gasteiger partial charge in [-0.25, -0.2) is 8.78 Å². The monoisotopic (exact) mass is 216 g/mol. The van der Waals surface area contributed by atoms with Gasteiger partial charge in [-0.05, 0) is 19.1 Å². The van der Waals surface area contributed by atoms with Crippen molar-refractivity contribution in [1.82, 2.24) is 10.3 Å². The average Bonchev–Trinajstić information content (AvgIpc) is 2.27. The normalized spacial score (nSPS) is 13.9. The van der Waals surface area contributed by atoms with E-state index in [0.717, 1.165) is 0 Å². The van der Waals surface area contributed by atoms with Gasteiger partial charge in [0.2, 0.25) is 0 Å². The fourth-order valence-electron chi connectivity index (χ4n) is 1.09. The lowest BCUT2D eigenvalue weighted by molar-refractivity contribution is -0.0491. The summed E-state index contributed by atoms with van der Waals surface area (Å²) in [6, 6.07) is 5.06. The molecular formula is C10H14F2N2O. The third-order valence-electron chi connectivity index (χ3n) is 2.03. The second-order valence-electron chi connectivity index (χ2n) is 3.37. The van der Waals surface area contributed by atoms with E-state index in [-0.39, 0.29) is 6.04 Å². The molecular weight excluding hydrogens is 202 g/mol. The Bertz CT molecular complexity index is 293. The number of rotatable bonds is 5. The quantitative estimate of drug-likeness (QED) is 0.781. The maximum atomic E-state index is 12.7. The minimum Gasteiger partial charge on any atom is -0.390 e. The Balaban J connectivity index is 2.47. The van der Waals surface area contributed by atoms with Gasteiger partial charge in [-0.2, -0.15) is 0 Å². The number of hydrogen-bond acceptors (Lipinski definition) is 3. The van der Waals surface area contributed by atoms with E-state index in [9.17, 15) is 8.78 Å². The zero-order chi connectivity index (χ0) is 11.3. The average molecular weight is 216 g/mol. The largest absolute Gasteiger partial charge is 0.390 e. The minimum atomic E-state index is -3.08. The number of aliphatic hydroxyl groups is 1. The highest BCUT2D eigenvalue weighted by molar-refractivity contribution is 5.07. The smallest absolute Gasteiger partial charge is 0.282 e. The number of nitrogens with zero attached hydrogens (tertiary/aromatic N) is 1. The zero-order valence-electron chi connectivity index (χ0n) is 8.45. The molecule has 0 amide bonds. The molecule has 1 unspecified atom stereocenters. The van der Waals surface area contributed by atoms with Gasteiger partial charge in [-0.1, -0.05) is 6.07 Å². The molecule has 1 heterocycles. The van der Waals surface area contributed by atoms with Gasteiger partial charge in [0.1, 0.15) is 6.61 Å². The molecule has 0 fully saturated rings. The number of halogens is 2. The summed E-state index contributed by atoms with van der Waals surface area (Å²) in [5.74, 6) is -3.08. The van der Waals surface area contributed by atoms with Crippen molar-refractivity contribution in [3.63, 3.8) is 0 Å². The Morgan fingerprint density at radius 1 is 1.53 bits per heavy atom. The van der Waals surface area contributed by atoms with Crippen LogP contribution in [0.3, 0.4) is 0 Å². The molecule has 0 bridgehead atoms. The van der Waals surface area contributed by atoms with Crippen molar-refractivity contribution in [3.8, 4) is 0 Å². The van der Waals surface area contributed by atoms with Gasteiger partial charge in [0.25, 0.3) is 5.92 Å². The van der Waals surface area contributed by atoms with Gasteiger partial charge in [0, 0.05) is 12.2 Å². The summed E-state index contributed by atoms with van der Waals surface area (Å²) >= 11 is 0. The summed E-state index contributed by atoms with van der Waals surface area (Å²) in [7, 11) is 0. The molecule has 0 aliphatic carbocycles. The minimum absolute atomic E-state index is 0.261. The molecule has 1 aromatic heterocycles. The first kappa shape index (κ1) is 12.0. The van der Waals surface area contributed by atoms with Crippen molar-refractivity contribution in [2.75, 3.05) is 13.2 Å². The highest BCUT2D eigenvalue weighted by Gasteiger charge is 2.27. The molecule has 2 N–H and O–H groups in total. The standard InChI is InChI=1S/C10H14F2N2O/c1-8(9-4-2-3-5-13-9)14-6-10(11,12)7-15/h2-5,8,14-15H,6-7H2,1H3. The van der Waals surface area contributed by atoms with Gasteiger partial charge >= 0.3 is 0 Å². The predicted octanol–water partition coefficient (Wildman–Crippen LogP) is 1.36. The molecule has 1 atom stereocenters. The van der Waals surface area contributed by atoms with Crippen molar-refractivity contribution >= 4 is 0 Å². The van der Waals surface area contributed by atoms with Crippen LogP contribution in [-0.4, -0.2) is 29.2 Å². The van der Waals surface area contributed by atoms with E-state index < -0.39 is 19.1 Å². The topological polar surface area (TPSA) is 45.1 Å². The van der Waals surface area contributed by atoms with Crippen LogP contribution in [0.2, 0.25) is 0 Å². The van der Waals surface area contributed by atoms with Crippen molar-refractivity contribution in [2.45, 2.75) is 18.9 Å². The summed E-state index contributed by atoms with van der Waals surface area (Å²) in [5, 5.41) is 11.0. The van der Waals surface area contributed by atoms with Crippen molar-refractivity contribution < 1.29 is 13.9 Å². The van der Waals surface area contributed by atoms with E-state index in [1.54, 1.807) is 31.3 Å². The Hall–Kier alpha value is -1.07. The predicted molar refractivity (Wildman–Crippen MR) is 52.7 cm³/mol. The summed E-state index contributed by atoms with van der Waals surface area (Å²) in [6.07, 6.45) is 1.61. The van der Waals surface area contributed by atoms with Crippen molar-refractivity contribution in [3.05, 3.63) is 30.1 Å². The second-order valence-corrected chi connectivity index (χ2v) is 3.37. The van der Waals surface area contributed by atoms with Crippen LogP contribution in [0.1, 0.15) is 18.7 Å². The second kappa shape index (κ2) is 5.14. The number of aromatic nitrogens is 1. The number of pyridine rings is 1. The fraction of sp³-hybridized carbons (Fsp3) is 0.500.